The topological polar surface area (TPSA) is 63.7 Å². The zero-order valence-corrected chi connectivity index (χ0v) is 9.91. The van der Waals surface area contributed by atoms with Crippen molar-refractivity contribution < 1.29 is 19.1 Å². The minimum atomic E-state index is -0.857. The first-order valence-electron chi connectivity index (χ1n) is 5.25. The van der Waals surface area contributed by atoms with E-state index in [-0.39, 0.29) is 6.54 Å². The second-order valence-corrected chi connectivity index (χ2v) is 3.33. The molecule has 0 radical (unpaired) electrons. The number of aldehydes is 1. The first-order chi connectivity index (χ1) is 8.69. The molecule has 1 aromatic rings. The molecule has 1 aromatic carbocycles. The lowest BCUT2D eigenvalue weighted by Crippen LogP contribution is -2.37. The van der Waals surface area contributed by atoms with Crippen LogP contribution >= 0.6 is 0 Å². The molecular formula is C13H13NO4. The number of nitrogens with zero attached hydrogens (tertiary/aromatic N) is 1. The number of carbonyl (C=O) groups excluding carboxylic acids is 3. The Hall–Kier alpha value is -2.43. The summed E-state index contributed by atoms with van der Waals surface area (Å²) in [6.45, 7) is -0.329. The highest BCUT2D eigenvalue weighted by atomic mass is 16.5. The van der Waals surface area contributed by atoms with Gasteiger partial charge < -0.3 is 9.53 Å². The smallest absolute Gasteiger partial charge is 0.416 e. The molecule has 0 atom stereocenters. The van der Waals surface area contributed by atoms with E-state index < -0.39 is 12.0 Å². The second kappa shape index (κ2) is 7.01. The van der Waals surface area contributed by atoms with E-state index in [1.165, 1.54) is 6.08 Å². The van der Waals surface area contributed by atoms with E-state index in [9.17, 15) is 14.4 Å². The average molecular weight is 247 g/mol. The number of imide groups is 1. The largest absolute Gasteiger partial charge is 0.452 e. The van der Waals surface area contributed by atoms with Crippen molar-refractivity contribution in [3.8, 4) is 0 Å². The first-order valence-corrected chi connectivity index (χ1v) is 5.25. The van der Waals surface area contributed by atoms with Gasteiger partial charge in [0.15, 0.2) is 0 Å². The number of hydrogen-bond donors (Lipinski definition) is 0. The molecule has 5 nitrogen and oxygen atoms in total. The van der Waals surface area contributed by atoms with Gasteiger partial charge in [-0.15, -0.1) is 0 Å². The van der Waals surface area contributed by atoms with Crippen molar-refractivity contribution in [1.29, 1.82) is 0 Å². The number of rotatable bonds is 4. The van der Waals surface area contributed by atoms with Crippen molar-refractivity contribution >= 4 is 24.4 Å². The number of carbonyl (C=O) groups is 3. The predicted molar refractivity (Wildman–Crippen MR) is 65.7 cm³/mol. The van der Waals surface area contributed by atoms with Gasteiger partial charge >= 0.3 is 6.09 Å². The third-order valence-electron chi connectivity index (χ3n) is 2.14. The van der Waals surface area contributed by atoms with Crippen LogP contribution in [0.5, 0.6) is 0 Å². The fourth-order valence-corrected chi connectivity index (χ4v) is 1.26. The SMILES string of the molecule is COC(=O)N(CC=O)C(=O)C=Cc1ccccc1. The molecule has 1 rings (SSSR count). The molecule has 18 heavy (non-hydrogen) atoms. The molecule has 2 amide bonds. The molecule has 0 unspecified atom stereocenters. The normalized spacial score (nSPS) is 10.1. The molecule has 94 valence electrons. The fourth-order valence-electron chi connectivity index (χ4n) is 1.26. The van der Waals surface area contributed by atoms with Crippen molar-refractivity contribution in [2.24, 2.45) is 0 Å². The van der Waals surface area contributed by atoms with Crippen molar-refractivity contribution in [3.05, 3.63) is 42.0 Å². The molecule has 0 aliphatic carbocycles. The molecule has 0 heterocycles. The van der Waals surface area contributed by atoms with Gasteiger partial charge in [-0.2, -0.15) is 0 Å². The summed E-state index contributed by atoms with van der Waals surface area (Å²) < 4.78 is 4.41. The van der Waals surface area contributed by atoms with Gasteiger partial charge in [0, 0.05) is 6.08 Å². The van der Waals surface area contributed by atoms with Crippen LogP contribution in [0.15, 0.2) is 36.4 Å². The second-order valence-electron chi connectivity index (χ2n) is 3.33. The van der Waals surface area contributed by atoms with Gasteiger partial charge in [0.2, 0.25) is 0 Å². The van der Waals surface area contributed by atoms with Gasteiger partial charge in [0.25, 0.3) is 5.91 Å². The summed E-state index contributed by atoms with van der Waals surface area (Å²) in [6.07, 6.45) is 2.38. The summed E-state index contributed by atoms with van der Waals surface area (Å²) in [5.74, 6) is -0.599. The number of amides is 2. The lowest BCUT2D eigenvalue weighted by Gasteiger charge is -2.13. The lowest BCUT2D eigenvalue weighted by molar-refractivity contribution is -0.126. The maximum atomic E-state index is 11.7. The molecule has 0 fully saturated rings. The van der Waals surface area contributed by atoms with Crippen LogP contribution in [0.3, 0.4) is 0 Å². The Morgan fingerprint density at radius 2 is 1.94 bits per heavy atom. The zero-order valence-electron chi connectivity index (χ0n) is 9.91. The van der Waals surface area contributed by atoms with Crippen LogP contribution < -0.4 is 0 Å². The third kappa shape index (κ3) is 3.86. The van der Waals surface area contributed by atoms with Crippen LogP contribution in [0.4, 0.5) is 4.79 Å². The van der Waals surface area contributed by atoms with Gasteiger partial charge in [-0.3, -0.25) is 4.79 Å². The highest BCUT2D eigenvalue weighted by molar-refractivity contribution is 6.02. The molecule has 0 bridgehead atoms. The summed E-state index contributed by atoms with van der Waals surface area (Å²) in [7, 11) is 1.15. The lowest BCUT2D eigenvalue weighted by atomic mass is 10.2. The van der Waals surface area contributed by atoms with Gasteiger partial charge in [-0.25, -0.2) is 9.69 Å². The maximum absolute atomic E-state index is 11.7. The zero-order chi connectivity index (χ0) is 13.4. The van der Waals surface area contributed by atoms with E-state index in [1.54, 1.807) is 6.08 Å². The van der Waals surface area contributed by atoms with Crippen molar-refractivity contribution in [2.45, 2.75) is 0 Å². The first kappa shape index (κ1) is 13.6. The Bertz CT molecular complexity index is 453. The van der Waals surface area contributed by atoms with Crippen molar-refractivity contribution in [1.82, 2.24) is 4.90 Å². The molecule has 0 spiro atoms. The summed E-state index contributed by atoms with van der Waals surface area (Å²) in [5.41, 5.74) is 0.821. The molecule has 0 aliphatic rings. The van der Waals surface area contributed by atoms with Crippen LogP contribution in [0, 0.1) is 0 Å². The van der Waals surface area contributed by atoms with E-state index in [0.717, 1.165) is 12.7 Å². The number of ether oxygens (including phenoxy) is 1. The summed E-state index contributed by atoms with van der Waals surface area (Å²) in [4.78, 5) is 34.0. The van der Waals surface area contributed by atoms with Gasteiger partial charge in [-0.1, -0.05) is 30.3 Å². The standard InChI is InChI=1S/C13H13NO4/c1-18-13(17)14(9-10-15)12(16)8-7-11-5-3-2-4-6-11/h2-8,10H,9H2,1H3. The van der Waals surface area contributed by atoms with E-state index in [0.29, 0.717) is 11.2 Å². The molecule has 0 saturated carbocycles. The van der Waals surface area contributed by atoms with Crippen LogP contribution in [0.25, 0.3) is 6.08 Å². The van der Waals surface area contributed by atoms with Crippen molar-refractivity contribution in [2.75, 3.05) is 13.7 Å². The number of hydrogen-bond acceptors (Lipinski definition) is 4. The van der Waals surface area contributed by atoms with Gasteiger partial charge in [0.1, 0.15) is 6.29 Å². The van der Waals surface area contributed by atoms with E-state index in [2.05, 4.69) is 4.74 Å². The van der Waals surface area contributed by atoms with E-state index >= 15 is 0 Å². The van der Waals surface area contributed by atoms with Crippen LogP contribution in [-0.4, -0.2) is 36.8 Å². The van der Waals surface area contributed by atoms with Gasteiger partial charge in [0.05, 0.1) is 13.7 Å². The minimum Gasteiger partial charge on any atom is -0.452 e. The van der Waals surface area contributed by atoms with Crippen LogP contribution in [-0.2, 0) is 14.3 Å². The third-order valence-corrected chi connectivity index (χ3v) is 2.14. The Labute approximate surface area is 105 Å². The van der Waals surface area contributed by atoms with E-state index in [1.807, 2.05) is 30.3 Å². The maximum Gasteiger partial charge on any atom is 0.416 e. The monoisotopic (exact) mass is 247 g/mol. The highest BCUT2D eigenvalue weighted by Gasteiger charge is 2.18. The average Bonchev–Trinajstić information content (AvgIpc) is 2.42. The molecular weight excluding hydrogens is 234 g/mol. The van der Waals surface area contributed by atoms with Crippen molar-refractivity contribution in [3.63, 3.8) is 0 Å². The molecule has 0 aromatic heterocycles. The molecule has 0 saturated heterocycles. The quantitative estimate of drug-likeness (QED) is 0.597. The Balaban J connectivity index is 2.75. The van der Waals surface area contributed by atoms with E-state index in [4.69, 9.17) is 0 Å². The molecule has 0 aliphatic heterocycles. The number of benzene rings is 1. The summed E-state index contributed by atoms with van der Waals surface area (Å²) >= 11 is 0. The van der Waals surface area contributed by atoms with Crippen LogP contribution in [0.2, 0.25) is 0 Å². The Kier molecular flexibility index (Phi) is 5.31. The molecule has 5 heteroatoms. The summed E-state index contributed by atoms with van der Waals surface area (Å²) in [5, 5.41) is 0. The molecule has 0 N–H and O–H groups in total. The predicted octanol–water partition coefficient (Wildman–Crippen LogP) is 1.49. The van der Waals surface area contributed by atoms with Crippen LogP contribution in [0.1, 0.15) is 5.56 Å². The minimum absolute atomic E-state index is 0.329. The summed E-state index contributed by atoms with van der Waals surface area (Å²) in [6, 6.07) is 9.13. The fraction of sp³-hybridized carbons (Fsp3) is 0.154. The highest BCUT2D eigenvalue weighted by Crippen LogP contribution is 2.02. The Morgan fingerprint density at radius 3 is 2.50 bits per heavy atom. The Morgan fingerprint density at radius 1 is 1.28 bits per heavy atom. The van der Waals surface area contributed by atoms with Gasteiger partial charge in [-0.05, 0) is 11.6 Å². The number of methoxy groups -OCH3 is 1.